The highest BCUT2D eigenvalue weighted by molar-refractivity contribution is 7.98. The molecule has 0 fully saturated rings. The molecule has 0 heterocycles. The molecule has 1 atom stereocenters. The van der Waals surface area contributed by atoms with Crippen molar-refractivity contribution in [3.63, 3.8) is 0 Å². The first-order chi connectivity index (χ1) is 7.05. The smallest absolute Gasteiger partial charge is 0.0155 e. The van der Waals surface area contributed by atoms with Crippen molar-refractivity contribution in [3.8, 4) is 0 Å². The molecule has 0 rings (SSSR count). The van der Waals surface area contributed by atoms with Crippen molar-refractivity contribution in [2.45, 2.75) is 39.7 Å². The summed E-state index contributed by atoms with van der Waals surface area (Å²) in [5.74, 6) is 2.21. The molecule has 0 aromatic heterocycles. The van der Waals surface area contributed by atoms with Gasteiger partial charge in [-0.05, 0) is 44.2 Å². The Balaban J connectivity index is 4.27. The molecule has 0 aliphatic rings. The van der Waals surface area contributed by atoms with Crippen LogP contribution in [-0.2, 0) is 0 Å². The SMILES string of the molecule is CCC(CC)(CS)CN(C)C(C)CSC. The van der Waals surface area contributed by atoms with Gasteiger partial charge in [-0.25, -0.2) is 0 Å². The molecule has 0 radical (unpaired) electrons. The first kappa shape index (κ1) is 15.7. The third kappa shape index (κ3) is 5.01. The van der Waals surface area contributed by atoms with Gasteiger partial charge in [0, 0.05) is 18.3 Å². The lowest BCUT2D eigenvalue weighted by Crippen LogP contribution is -2.41. The molecule has 15 heavy (non-hydrogen) atoms. The van der Waals surface area contributed by atoms with Crippen molar-refractivity contribution in [2.24, 2.45) is 5.41 Å². The zero-order valence-electron chi connectivity index (χ0n) is 10.9. The van der Waals surface area contributed by atoms with Crippen molar-refractivity contribution in [1.82, 2.24) is 4.90 Å². The first-order valence-electron chi connectivity index (χ1n) is 5.85. The van der Waals surface area contributed by atoms with E-state index in [9.17, 15) is 0 Å². The maximum Gasteiger partial charge on any atom is 0.0155 e. The Morgan fingerprint density at radius 2 is 1.87 bits per heavy atom. The second-order valence-corrected chi connectivity index (χ2v) is 5.81. The van der Waals surface area contributed by atoms with E-state index in [1.165, 1.54) is 25.1 Å². The highest BCUT2D eigenvalue weighted by Crippen LogP contribution is 2.29. The minimum absolute atomic E-state index is 0.407. The second kappa shape index (κ2) is 7.86. The van der Waals surface area contributed by atoms with Gasteiger partial charge in [0.25, 0.3) is 0 Å². The van der Waals surface area contributed by atoms with E-state index in [0.717, 1.165) is 5.75 Å². The predicted octanol–water partition coefficient (Wildman–Crippen LogP) is 3.41. The van der Waals surface area contributed by atoms with Crippen LogP contribution in [0.5, 0.6) is 0 Å². The van der Waals surface area contributed by atoms with Crippen LogP contribution in [0.3, 0.4) is 0 Å². The predicted molar refractivity (Wildman–Crippen MR) is 77.3 cm³/mol. The first-order valence-corrected chi connectivity index (χ1v) is 7.88. The largest absolute Gasteiger partial charge is 0.302 e. The summed E-state index contributed by atoms with van der Waals surface area (Å²) in [5, 5.41) is 0. The maximum absolute atomic E-state index is 4.52. The van der Waals surface area contributed by atoms with Gasteiger partial charge in [0.1, 0.15) is 0 Å². The quantitative estimate of drug-likeness (QED) is 0.657. The highest BCUT2D eigenvalue weighted by Gasteiger charge is 2.27. The van der Waals surface area contributed by atoms with Crippen LogP contribution < -0.4 is 0 Å². The molecule has 0 amide bonds. The third-order valence-electron chi connectivity index (χ3n) is 3.58. The Morgan fingerprint density at radius 3 is 2.20 bits per heavy atom. The monoisotopic (exact) mass is 249 g/mol. The Hall–Kier alpha value is 0.660. The van der Waals surface area contributed by atoms with Crippen LogP contribution in [0.2, 0.25) is 0 Å². The van der Waals surface area contributed by atoms with Gasteiger partial charge in [0.15, 0.2) is 0 Å². The molecule has 0 saturated carbocycles. The van der Waals surface area contributed by atoms with Crippen LogP contribution in [0.25, 0.3) is 0 Å². The normalized spacial score (nSPS) is 14.6. The van der Waals surface area contributed by atoms with Gasteiger partial charge < -0.3 is 4.90 Å². The summed E-state index contributed by atoms with van der Waals surface area (Å²) >= 11 is 6.45. The summed E-state index contributed by atoms with van der Waals surface area (Å²) in [6, 6.07) is 0.664. The second-order valence-electron chi connectivity index (χ2n) is 4.58. The average molecular weight is 249 g/mol. The van der Waals surface area contributed by atoms with E-state index in [-0.39, 0.29) is 0 Å². The fourth-order valence-electron chi connectivity index (χ4n) is 1.80. The van der Waals surface area contributed by atoms with E-state index in [2.05, 4.69) is 51.6 Å². The minimum atomic E-state index is 0.407. The van der Waals surface area contributed by atoms with Gasteiger partial charge in [0.05, 0.1) is 0 Å². The van der Waals surface area contributed by atoms with Gasteiger partial charge in [-0.3, -0.25) is 0 Å². The molecule has 0 N–H and O–H groups in total. The minimum Gasteiger partial charge on any atom is -0.302 e. The molecule has 1 unspecified atom stereocenters. The molecule has 0 aromatic carbocycles. The summed E-state index contributed by atoms with van der Waals surface area (Å²) in [5.41, 5.74) is 0.407. The number of rotatable bonds is 8. The van der Waals surface area contributed by atoms with Crippen LogP contribution >= 0.6 is 24.4 Å². The van der Waals surface area contributed by atoms with Crippen molar-refractivity contribution >= 4 is 24.4 Å². The number of nitrogens with zero attached hydrogens (tertiary/aromatic N) is 1. The third-order valence-corrected chi connectivity index (χ3v) is 5.07. The molecule has 0 aromatic rings. The van der Waals surface area contributed by atoms with Crippen molar-refractivity contribution < 1.29 is 0 Å². The van der Waals surface area contributed by atoms with Crippen molar-refractivity contribution in [1.29, 1.82) is 0 Å². The van der Waals surface area contributed by atoms with Gasteiger partial charge >= 0.3 is 0 Å². The molecule has 3 heteroatoms. The van der Waals surface area contributed by atoms with Crippen molar-refractivity contribution in [2.75, 3.05) is 31.4 Å². The number of thiol groups is 1. The van der Waals surface area contributed by atoms with Crippen LogP contribution in [0, 0.1) is 5.41 Å². The van der Waals surface area contributed by atoms with Crippen LogP contribution in [0.4, 0.5) is 0 Å². The van der Waals surface area contributed by atoms with Gasteiger partial charge in [-0.2, -0.15) is 24.4 Å². The topological polar surface area (TPSA) is 3.24 Å². The molecular formula is C12H27NS2. The van der Waals surface area contributed by atoms with E-state index < -0.39 is 0 Å². The summed E-state index contributed by atoms with van der Waals surface area (Å²) in [6.07, 6.45) is 4.63. The number of hydrogen-bond acceptors (Lipinski definition) is 3. The summed E-state index contributed by atoms with van der Waals surface area (Å²) in [6.45, 7) is 8.05. The maximum atomic E-state index is 4.52. The highest BCUT2D eigenvalue weighted by atomic mass is 32.2. The molecule has 1 nitrogen and oxygen atoms in total. The molecule has 92 valence electrons. The summed E-state index contributed by atoms with van der Waals surface area (Å²) in [4.78, 5) is 2.49. The van der Waals surface area contributed by atoms with E-state index in [1.54, 1.807) is 0 Å². The molecule has 0 saturated heterocycles. The number of hydrogen-bond donors (Lipinski definition) is 1. The van der Waals surface area contributed by atoms with E-state index in [0.29, 0.717) is 11.5 Å². The lowest BCUT2D eigenvalue weighted by molar-refractivity contribution is 0.159. The fourth-order valence-corrected chi connectivity index (χ4v) is 3.08. The average Bonchev–Trinajstić information content (AvgIpc) is 2.26. The lowest BCUT2D eigenvalue weighted by Gasteiger charge is -2.37. The lowest BCUT2D eigenvalue weighted by atomic mass is 9.83. The number of thioether (sulfide) groups is 1. The summed E-state index contributed by atoms with van der Waals surface area (Å²) < 4.78 is 0. The van der Waals surface area contributed by atoms with Gasteiger partial charge in [-0.15, -0.1) is 0 Å². The van der Waals surface area contributed by atoms with E-state index in [4.69, 9.17) is 0 Å². The van der Waals surface area contributed by atoms with Crippen molar-refractivity contribution in [3.05, 3.63) is 0 Å². The zero-order valence-corrected chi connectivity index (χ0v) is 12.6. The van der Waals surface area contributed by atoms with E-state index >= 15 is 0 Å². The van der Waals surface area contributed by atoms with Crippen LogP contribution in [0.15, 0.2) is 0 Å². The Kier molecular flexibility index (Phi) is 8.20. The summed E-state index contributed by atoms with van der Waals surface area (Å²) in [7, 11) is 2.24. The molecule has 0 spiro atoms. The van der Waals surface area contributed by atoms with Gasteiger partial charge in [-0.1, -0.05) is 13.8 Å². The Labute approximate surface area is 106 Å². The molecule has 0 aliphatic heterocycles. The molecule has 0 bridgehead atoms. The van der Waals surface area contributed by atoms with Crippen LogP contribution in [-0.4, -0.2) is 42.3 Å². The Morgan fingerprint density at radius 1 is 1.33 bits per heavy atom. The zero-order chi connectivity index (χ0) is 11.9. The fraction of sp³-hybridized carbons (Fsp3) is 1.00. The molecular weight excluding hydrogens is 222 g/mol. The Bertz CT molecular complexity index is 149. The molecule has 0 aliphatic carbocycles. The standard InChI is InChI=1S/C12H27NS2/c1-6-12(7-2,10-14)9-13(4)11(3)8-15-5/h11,14H,6-10H2,1-5H3. The van der Waals surface area contributed by atoms with Gasteiger partial charge in [0.2, 0.25) is 0 Å². The van der Waals surface area contributed by atoms with E-state index in [1.807, 2.05) is 11.8 Å². The van der Waals surface area contributed by atoms with Crippen LogP contribution in [0.1, 0.15) is 33.6 Å².